The van der Waals surface area contributed by atoms with Crippen LogP contribution in [-0.2, 0) is 11.2 Å². The van der Waals surface area contributed by atoms with Gasteiger partial charge in [0.05, 0.1) is 17.0 Å². The second-order valence-corrected chi connectivity index (χ2v) is 5.58. The van der Waals surface area contributed by atoms with E-state index in [2.05, 4.69) is 4.99 Å². The molecule has 5 heteroatoms. The summed E-state index contributed by atoms with van der Waals surface area (Å²) in [5.41, 5.74) is 1.92. The Hall–Kier alpha value is -2.82. The Kier molecular flexibility index (Phi) is 4.51. The van der Waals surface area contributed by atoms with Gasteiger partial charge in [0.2, 0.25) is 0 Å². The predicted molar refractivity (Wildman–Crippen MR) is 87.5 cm³/mol. The highest BCUT2D eigenvalue weighted by Gasteiger charge is 2.28. The van der Waals surface area contributed by atoms with Gasteiger partial charge in [0.15, 0.2) is 5.78 Å². The Morgan fingerprint density at radius 1 is 0.958 bits per heavy atom. The molecule has 0 radical (unpaired) electrons. The van der Waals surface area contributed by atoms with Crippen molar-refractivity contribution in [2.75, 3.05) is 0 Å². The van der Waals surface area contributed by atoms with Crippen molar-refractivity contribution < 1.29 is 18.7 Å². The second kappa shape index (κ2) is 6.74. The average molecular weight is 327 g/mol. The predicted octanol–water partition coefficient (Wildman–Crippen LogP) is 4.46. The number of rotatable bonds is 3. The molecule has 3 nitrogen and oxygen atoms in total. The topological polar surface area (TPSA) is 49.7 Å². The molecule has 3 rings (SSSR count). The van der Waals surface area contributed by atoms with Crippen molar-refractivity contribution >= 4 is 17.2 Å². The second-order valence-electron chi connectivity index (χ2n) is 5.58. The number of ketones is 1. The number of hydrogen-bond acceptors (Lipinski definition) is 3. The summed E-state index contributed by atoms with van der Waals surface area (Å²) in [6, 6.07) is 11.3. The van der Waals surface area contributed by atoms with Crippen LogP contribution in [0.4, 0.5) is 14.5 Å². The number of carbonyl (C=O) groups is 1. The first kappa shape index (κ1) is 16.1. The van der Waals surface area contributed by atoms with Gasteiger partial charge in [0.25, 0.3) is 0 Å². The molecule has 122 valence electrons. The van der Waals surface area contributed by atoms with Crippen LogP contribution in [0.3, 0.4) is 0 Å². The molecule has 2 aromatic carbocycles. The first-order chi connectivity index (χ1) is 11.5. The van der Waals surface area contributed by atoms with Gasteiger partial charge in [-0.15, -0.1) is 0 Å². The minimum Gasteiger partial charge on any atom is -0.511 e. The largest absolute Gasteiger partial charge is 0.511 e. The summed E-state index contributed by atoms with van der Waals surface area (Å²) < 4.78 is 25.9. The third kappa shape index (κ3) is 3.56. The number of carbonyl (C=O) groups excluding carboxylic acids is 1. The van der Waals surface area contributed by atoms with Crippen molar-refractivity contribution in [1.29, 1.82) is 0 Å². The number of aliphatic hydroxyl groups excluding tert-OH is 1. The molecule has 0 saturated heterocycles. The number of nitrogens with zero attached hydrogens (tertiary/aromatic N) is 1. The molecule has 1 aliphatic rings. The van der Waals surface area contributed by atoms with Crippen LogP contribution in [-0.4, -0.2) is 16.6 Å². The van der Waals surface area contributed by atoms with Crippen molar-refractivity contribution in [3.63, 3.8) is 0 Å². The molecule has 0 spiro atoms. The van der Waals surface area contributed by atoms with Gasteiger partial charge in [-0.2, -0.15) is 0 Å². The normalized spacial score (nSPS) is 18.2. The van der Waals surface area contributed by atoms with Gasteiger partial charge in [-0.3, -0.25) is 9.79 Å². The summed E-state index contributed by atoms with van der Waals surface area (Å²) in [6.45, 7) is 0. The molecule has 0 amide bonds. The van der Waals surface area contributed by atoms with Gasteiger partial charge in [-0.05, 0) is 48.4 Å². The van der Waals surface area contributed by atoms with E-state index in [1.807, 2.05) is 0 Å². The zero-order chi connectivity index (χ0) is 17.1. The standard InChI is InChI=1S/C19H15F2NO2/c20-13-3-1-12(2-4-13)11-18(24)19-16(9-10-17(19)23)22-15-7-5-14(21)6-8-15/h1-8,24H,9-11H2/b19-18+,22-16?. The number of allylic oxidation sites excluding steroid dienone is 2. The number of aliphatic hydroxyl groups is 1. The molecule has 0 aromatic heterocycles. The van der Waals surface area contributed by atoms with Crippen LogP contribution < -0.4 is 0 Å². The molecule has 0 bridgehead atoms. The van der Waals surface area contributed by atoms with Crippen LogP contribution in [0, 0.1) is 11.6 Å². The maximum atomic E-state index is 13.0. The Labute approximate surface area is 138 Å². The molecule has 1 fully saturated rings. The summed E-state index contributed by atoms with van der Waals surface area (Å²) in [5, 5.41) is 10.4. The van der Waals surface area contributed by atoms with E-state index in [1.54, 1.807) is 12.1 Å². The Bertz CT molecular complexity index is 821. The highest BCUT2D eigenvalue weighted by atomic mass is 19.1. The lowest BCUT2D eigenvalue weighted by Gasteiger charge is -2.06. The van der Waals surface area contributed by atoms with E-state index >= 15 is 0 Å². The number of halogens is 2. The van der Waals surface area contributed by atoms with Crippen molar-refractivity contribution in [2.45, 2.75) is 19.3 Å². The molecule has 1 aliphatic carbocycles. The van der Waals surface area contributed by atoms with Crippen molar-refractivity contribution in [3.05, 3.63) is 77.1 Å². The zero-order valence-electron chi connectivity index (χ0n) is 12.8. The fourth-order valence-corrected chi connectivity index (χ4v) is 2.64. The van der Waals surface area contributed by atoms with Crippen LogP contribution in [0.5, 0.6) is 0 Å². The molecule has 2 aromatic rings. The Balaban J connectivity index is 1.91. The highest BCUT2D eigenvalue weighted by molar-refractivity contribution is 6.28. The van der Waals surface area contributed by atoms with Gasteiger partial charge in [-0.1, -0.05) is 12.1 Å². The number of aliphatic imine (C=N–C) groups is 1. The van der Waals surface area contributed by atoms with Gasteiger partial charge >= 0.3 is 0 Å². The Morgan fingerprint density at radius 3 is 2.17 bits per heavy atom. The van der Waals surface area contributed by atoms with Gasteiger partial charge < -0.3 is 5.11 Å². The van der Waals surface area contributed by atoms with E-state index in [-0.39, 0.29) is 41.6 Å². The lowest BCUT2D eigenvalue weighted by molar-refractivity contribution is -0.114. The van der Waals surface area contributed by atoms with Crippen molar-refractivity contribution in [3.8, 4) is 0 Å². The fourth-order valence-electron chi connectivity index (χ4n) is 2.64. The minimum atomic E-state index is -0.364. The van der Waals surface area contributed by atoms with Gasteiger partial charge in [0.1, 0.15) is 17.4 Å². The Morgan fingerprint density at radius 2 is 1.54 bits per heavy atom. The molecular weight excluding hydrogens is 312 g/mol. The quantitative estimate of drug-likeness (QED) is 0.668. The average Bonchev–Trinajstić information content (AvgIpc) is 2.92. The minimum absolute atomic E-state index is 0.0787. The SMILES string of the molecule is O=C1CCC(=Nc2ccc(F)cc2)/C1=C(\O)Cc1ccc(F)cc1. The van der Waals surface area contributed by atoms with E-state index in [4.69, 9.17) is 0 Å². The van der Waals surface area contributed by atoms with Gasteiger partial charge in [-0.25, -0.2) is 8.78 Å². The van der Waals surface area contributed by atoms with Crippen LogP contribution in [0.1, 0.15) is 18.4 Å². The highest BCUT2D eigenvalue weighted by Crippen LogP contribution is 2.26. The lowest BCUT2D eigenvalue weighted by atomic mass is 10.0. The summed E-state index contributed by atoms with van der Waals surface area (Å²) in [7, 11) is 0. The van der Waals surface area contributed by atoms with Crippen molar-refractivity contribution in [1.82, 2.24) is 0 Å². The summed E-state index contributed by atoms with van der Waals surface area (Å²) >= 11 is 0. The zero-order valence-corrected chi connectivity index (χ0v) is 12.8. The summed E-state index contributed by atoms with van der Waals surface area (Å²) in [5.74, 6) is -0.974. The molecule has 24 heavy (non-hydrogen) atoms. The third-order valence-corrected chi connectivity index (χ3v) is 3.82. The van der Waals surface area contributed by atoms with E-state index < -0.39 is 0 Å². The molecule has 1 N–H and O–H groups in total. The fraction of sp³-hybridized carbons (Fsp3) is 0.158. The maximum absolute atomic E-state index is 13.0. The molecule has 0 atom stereocenters. The third-order valence-electron chi connectivity index (χ3n) is 3.82. The van der Waals surface area contributed by atoms with E-state index in [9.17, 15) is 18.7 Å². The summed E-state index contributed by atoms with van der Waals surface area (Å²) in [4.78, 5) is 16.5. The molecule has 1 saturated carbocycles. The molecular formula is C19H15F2NO2. The number of benzene rings is 2. The molecule has 0 heterocycles. The van der Waals surface area contributed by atoms with E-state index in [0.717, 1.165) is 0 Å². The smallest absolute Gasteiger partial charge is 0.168 e. The van der Waals surface area contributed by atoms with Crippen LogP contribution in [0.2, 0.25) is 0 Å². The van der Waals surface area contributed by atoms with Crippen LogP contribution in [0.25, 0.3) is 0 Å². The van der Waals surface area contributed by atoms with E-state index in [1.165, 1.54) is 36.4 Å². The lowest BCUT2D eigenvalue weighted by Crippen LogP contribution is -2.07. The van der Waals surface area contributed by atoms with Crippen molar-refractivity contribution in [2.24, 2.45) is 4.99 Å². The van der Waals surface area contributed by atoms with Crippen LogP contribution >= 0.6 is 0 Å². The number of Topliss-reactive ketones (excluding diaryl/α,β-unsaturated/α-hetero) is 1. The van der Waals surface area contributed by atoms with Gasteiger partial charge in [0, 0.05) is 12.8 Å². The van der Waals surface area contributed by atoms with E-state index in [0.29, 0.717) is 23.4 Å². The maximum Gasteiger partial charge on any atom is 0.168 e. The monoisotopic (exact) mass is 327 g/mol. The molecule has 0 aliphatic heterocycles. The molecule has 0 unspecified atom stereocenters. The number of hydrogen-bond donors (Lipinski definition) is 1. The first-order valence-electron chi connectivity index (χ1n) is 7.56. The first-order valence-corrected chi connectivity index (χ1v) is 7.56. The summed E-state index contributed by atoms with van der Waals surface area (Å²) in [6.07, 6.45) is 0.839. The van der Waals surface area contributed by atoms with Crippen LogP contribution in [0.15, 0.2) is 64.9 Å².